The molecule has 1 aliphatic heterocycles. The lowest BCUT2D eigenvalue weighted by atomic mass is 10.1. The molecular weight excluding hydrogens is 244 g/mol. The molecule has 0 bridgehead atoms. The first-order valence-corrected chi connectivity index (χ1v) is 6.35. The van der Waals surface area contributed by atoms with E-state index in [4.69, 9.17) is 4.74 Å². The molecule has 0 atom stereocenters. The third-order valence-corrected chi connectivity index (χ3v) is 3.27. The monoisotopic (exact) mass is 262 g/mol. The lowest BCUT2D eigenvalue weighted by Crippen LogP contribution is -2.42. The van der Waals surface area contributed by atoms with E-state index in [9.17, 15) is 9.59 Å². The van der Waals surface area contributed by atoms with E-state index in [0.29, 0.717) is 13.2 Å². The molecule has 0 radical (unpaired) electrons. The molecule has 5 nitrogen and oxygen atoms in total. The molecule has 1 aromatic carbocycles. The van der Waals surface area contributed by atoms with Crippen LogP contribution in [0.25, 0.3) is 0 Å². The van der Waals surface area contributed by atoms with Crippen molar-refractivity contribution < 1.29 is 14.3 Å². The predicted molar refractivity (Wildman–Crippen MR) is 72.1 cm³/mol. The van der Waals surface area contributed by atoms with E-state index in [-0.39, 0.29) is 12.5 Å². The van der Waals surface area contributed by atoms with Crippen LogP contribution in [0, 0.1) is 13.8 Å². The van der Waals surface area contributed by atoms with Crippen molar-refractivity contribution in [1.29, 1.82) is 0 Å². The SMILES string of the molecule is Cc1cccc(NC(=O)CN2CCCOC2=O)c1C. The van der Waals surface area contributed by atoms with Crippen LogP contribution in [0.3, 0.4) is 0 Å². The zero-order valence-corrected chi connectivity index (χ0v) is 11.2. The molecule has 2 amide bonds. The molecule has 1 saturated heterocycles. The van der Waals surface area contributed by atoms with Crippen molar-refractivity contribution in [2.24, 2.45) is 0 Å². The topological polar surface area (TPSA) is 58.6 Å². The Morgan fingerprint density at radius 3 is 2.95 bits per heavy atom. The zero-order valence-electron chi connectivity index (χ0n) is 11.2. The summed E-state index contributed by atoms with van der Waals surface area (Å²) in [5.41, 5.74) is 2.95. The van der Waals surface area contributed by atoms with Crippen molar-refractivity contribution in [3.8, 4) is 0 Å². The maximum Gasteiger partial charge on any atom is 0.410 e. The number of hydrogen-bond acceptors (Lipinski definition) is 3. The van der Waals surface area contributed by atoms with E-state index in [1.807, 2.05) is 32.0 Å². The maximum absolute atomic E-state index is 11.9. The minimum atomic E-state index is -0.414. The second kappa shape index (κ2) is 5.73. The summed E-state index contributed by atoms with van der Waals surface area (Å²) >= 11 is 0. The minimum absolute atomic E-state index is 0.0339. The Kier molecular flexibility index (Phi) is 4.04. The highest BCUT2D eigenvalue weighted by molar-refractivity contribution is 5.94. The minimum Gasteiger partial charge on any atom is -0.449 e. The number of rotatable bonds is 3. The van der Waals surface area contributed by atoms with Crippen LogP contribution in [-0.2, 0) is 9.53 Å². The molecule has 1 aliphatic rings. The number of amides is 2. The summed E-state index contributed by atoms with van der Waals surface area (Å²) < 4.78 is 4.89. The average Bonchev–Trinajstić information content (AvgIpc) is 2.38. The number of ether oxygens (including phenoxy) is 1. The largest absolute Gasteiger partial charge is 0.449 e. The van der Waals surface area contributed by atoms with Gasteiger partial charge in [0.25, 0.3) is 0 Å². The van der Waals surface area contributed by atoms with Crippen molar-refractivity contribution in [1.82, 2.24) is 4.90 Å². The van der Waals surface area contributed by atoms with Gasteiger partial charge < -0.3 is 10.1 Å². The molecule has 1 N–H and O–H groups in total. The number of benzene rings is 1. The summed E-state index contributed by atoms with van der Waals surface area (Å²) in [4.78, 5) is 24.8. The second-order valence-electron chi connectivity index (χ2n) is 4.69. The Hall–Kier alpha value is -2.04. The van der Waals surface area contributed by atoms with Gasteiger partial charge in [-0.3, -0.25) is 9.69 Å². The molecule has 0 saturated carbocycles. The summed E-state index contributed by atoms with van der Waals surface area (Å²) in [7, 11) is 0. The normalized spacial score (nSPS) is 15.1. The molecule has 2 rings (SSSR count). The summed E-state index contributed by atoms with van der Waals surface area (Å²) in [5, 5.41) is 2.83. The number of nitrogens with one attached hydrogen (secondary N) is 1. The number of aryl methyl sites for hydroxylation is 1. The number of hydrogen-bond donors (Lipinski definition) is 1. The van der Waals surface area contributed by atoms with Crippen molar-refractivity contribution in [2.75, 3.05) is 25.0 Å². The van der Waals surface area contributed by atoms with E-state index in [2.05, 4.69) is 5.32 Å². The molecule has 0 unspecified atom stereocenters. The number of cyclic esters (lactones) is 1. The summed E-state index contributed by atoms with van der Waals surface area (Å²) in [5.74, 6) is -0.201. The van der Waals surface area contributed by atoms with Gasteiger partial charge in [0.2, 0.25) is 5.91 Å². The van der Waals surface area contributed by atoms with Crippen LogP contribution in [-0.4, -0.2) is 36.6 Å². The number of anilines is 1. The molecule has 19 heavy (non-hydrogen) atoms. The van der Waals surface area contributed by atoms with Gasteiger partial charge >= 0.3 is 6.09 Å². The Balaban J connectivity index is 1.97. The van der Waals surface area contributed by atoms with Crippen LogP contribution in [0.2, 0.25) is 0 Å². The van der Waals surface area contributed by atoms with Crippen LogP contribution < -0.4 is 5.32 Å². The zero-order chi connectivity index (χ0) is 13.8. The molecule has 1 aromatic rings. The van der Waals surface area contributed by atoms with Crippen molar-refractivity contribution in [2.45, 2.75) is 20.3 Å². The predicted octanol–water partition coefficient (Wildman–Crippen LogP) is 2.08. The Morgan fingerprint density at radius 2 is 2.21 bits per heavy atom. The van der Waals surface area contributed by atoms with Gasteiger partial charge in [-0.25, -0.2) is 4.79 Å². The van der Waals surface area contributed by atoms with Gasteiger partial charge in [0.1, 0.15) is 6.54 Å². The van der Waals surface area contributed by atoms with Gasteiger partial charge in [-0.2, -0.15) is 0 Å². The third kappa shape index (κ3) is 3.24. The molecule has 0 aliphatic carbocycles. The van der Waals surface area contributed by atoms with E-state index in [1.165, 1.54) is 4.90 Å². The van der Waals surface area contributed by atoms with Gasteiger partial charge in [0, 0.05) is 12.2 Å². The smallest absolute Gasteiger partial charge is 0.410 e. The average molecular weight is 262 g/mol. The molecule has 0 spiro atoms. The lowest BCUT2D eigenvalue weighted by molar-refractivity contribution is -0.117. The first kappa shape index (κ1) is 13.4. The van der Waals surface area contributed by atoms with Crippen LogP contribution in [0.4, 0.5) is 10.5 Å². The second-order valence-corrected chi connectivity index (χ2v) is 4.69. The quantitative estimate of drug-likeness (QED) is 0.907. The van der Waals surface area contributed by atoms with Gasteiger partial charge in [0.05, 0.1) is 6.61 Å². The van der Waals surface area contributed by atoms with E-state index >= 15 is 0 Å². The van der Waals surface area contributed by atoms with Gasteiger partial charge in [-0.15, -0.1) is 0 Å². The van der Waals surface area contributed by atoms with Crippen LogP contribution in [0.15, 0.2) is 18.2 Å². The van der Waals surface area contributed by atoms with Gasteiger partial charge in [-0.1, -0.05) is 12.1 Å². The van der Waals surface area contributed by atoms with Crippen LogP contribution in [0.5, 0.6) is 0 Å². The number of nitrogens with zero attached hydrogens (tertiary/aromatic N) is 1. The highest BCUT2D eigenvalue weighted by Gasteiger charge is 2.22. The van der Waals surface area contributed by atoms with E-state index < -0.39 is 6.09 Å². The van der Waals surface area contributed by atoms with Crippen LogP contribution >= 0.6 is 0 Å². The first-order valence-electron chi connectivity index (χ1n) is 6.35. The fourth-order valence-electron chi connectivity index (χ4n) is 1.99. The van der Waals surface area contributed by atoms with Gasteiger partial charge in [0.15, 0.2) is 0 Å². The molecule has 102 valence electrons. The van der Waals surface area contributed by atoms with Crippen LogP contribution in [0.1, 0.15) is 17.5 Å². The van der Waals surface area contributed by atoms with Crippen molar-refractivity contribution >= 4 is 17.7 Å². The summed E-state index contributed by atoms with van der Waals surface area (Å²) in [6.07, 6.45) is 0.352. The summed E-state index contributed by atoms with van der Waals surface area (Å²) in [6.45, 7) is 4.99. The van der Waals surface area contributed by atoms with Crippen molar-refractivity contribution in [3.05, 3.63) is 29.3 Å². The number of carbonyl (C=O) groups is 2. The Morgan fingerprint density at radius 1 is 1.42 bits per heavy atom. The van der Waals surface area contributed by atoms with E-state index in [1.54, 1.807) is 0 Å². The highest BCUT2D eigenvalue weighted by Crippen LogP contribution is 2.18. The Labute approximate surface area is 112 Å². The summed E-state index contributed by atoms with van der Waals surface area (Å²) in [6, 6.07) is 5.74. The third-order valence-electron chi connectivity index (χ3n) is 3.27. The fraction of sp³-hybridized carbons (Fsp3) is 0.429. The lowest BCUT2D eigenvalue weighted by Gasteiger charge is -2.25. The number of carbonyl (C=O) groups excluding carboxylic acids is 2. The Bertz CT molecular complexity index is 499. The highest BCUT2D eigenvalue weighted by atomic mass is 16.6. The maximum atomic E-state index is 11.9. The first-order chi connectivity index (χ1) is 9.08. The standard InChI is InChI=1S/C14H18N2O3/c1-10-5-3-6-12(11(10)2)15-13(17)9-16-7-4-8-19-14(16)18/h3,5-6H,4,7-9H2,1-2H3,(H,15,17). The molecule has 5 heteroatoms. The molecule has 1 fully saturated rings. The molecule has 0 aromatic heterocycles. The molecule has 1 heterocycles. The van der Waals surface area contributed by atoms with Gasteiger partial charge in [-0.05, 0) is 37.5 Å². The van der Waals surface area contributed by atoms with Crippen molar-refractivity contribution in [3.63, 3.8) is 0 Å². The fourth-order valence-corrected chi connectivity index (χ4v) is 1.99. The van der Waals surface area contributed by atoms with E-state index in [0.717, 1.165) is 23.2 Å². The molecular formula is C14H18N2O3.